The highest BCUT2D eigenvalue weighted by Gasteiger charge is 2.32. The van der Waals surface area contributed by atoms with Crippen LogP contribution in [-0.2, 0) is 0 Å². The van der Waals surface area contributed by atoms with Gasteiger partial charge in [-0.25, -0.2) is 0 Å². The minimum Gasteiger partial charge on any atom is -0.507 e. The molecule has 0 aliphatic carbocycles. The quantitative estimate of drug-likeness (QED) is 0.382. The first-order valence-electron chi connectivity index (χ1n) is 8.10. The van der Waals surface area contributed by atoms with Crippen molar-refractivity contribution < 1.29 is 46.0 Å². The molecule has 0 fully saturated rings. The van der Waals surface area contributed by atoms with Crippen molar-refractivity contribution in [1.29, 1.82) is 0 Å². The van der Waals surface area contributed by atoms with E-state index in [-0.39, 0.29) is 35.7 Å². The van der Waals surface area contributed by atoms with Gasteiger partial charge in [-0.05, 0) is 36.4 Å². The lowest BCUT2D eigenvalue weighted by Gasteiger charge is -2.09. The van der Waals surface area contributed by atoms with Crippen LogP contribution in [0.3, 0.4) is 0 Å². The maximum atomic E-state index is 12.2. The average molecular weight is 436 g/mol. The number of nitrogens with zero attached hydrogens (tertiary/aromatic N) is 2. The van der Waals surface area contributed by atoms with Gasteiger partial charge in [0.05, 0.1) is 13.1 Å². The van der Waals surface area contributed by atoms with Crippen LogP contribution in [0, 0.1) is 0 Å². The van der Waals surface area contributed by atoms with Crippen molar-refractivity contribution in [2.45, 2.75) is 12.7 Å². The summed E-state index contributed by atoms with van der Waals surface area (Å²) >= 11 is 0. The maximum absolute atomic E-state index is 12.2. The second-order valence-electron chi connectivity index (χ2n) is 5.61. The van der Waals surface area contributed by atoms with E-state index < -0.39 is 24.2 Å². The van der Waals surface area contributed by atoms with E-state index in [0.717, 1.165) is 48.8 Å². The molecular weight excluding hydrogens is 422 g/mol. The number of aromatic hydroxyl groups is 2. The number of aliphatic imine (C=N–C) groups is 2. The van der Waals surface area contributed by atoms with Crippen LogP contribution in [0.1, 0.15) is 11.1 Å². The van der Waals surface area contributed by atoms with Crippen LogP contribution < -0.4 is 9.47 Å². The molecule has 0 amide bonds. The lowest BCUT2D eigenvalue weighted by Crippen LogP contribution is -2.17. The van der Waals surface area contributed by atoms with Crippen molar-refractivity contribution >= 4 is 12.4 Å². The van der Waals surface area contributed by atoms with Crippen molar-refractivity contribution in [3.63, 3.8) is 0 Å². The third-order valence-electron chi connectivity index (χ3n) is 3.28. The van der Waals surface area contributed by atoms with Gasteiger partial charge in [0.15, 0.2) is 0 Å². The number of ether oxygens (including phenoxy) is 2. The molecule has 30 heavy (non-hydrogen) atoms. The van der Waals surface area contributed by atoms with Crippen molar-refractivity contribution in [3.05, 3.63) is 47.5 Å². The Labute approximate surface area is 165 Å². The lowest BCUT2D eigenvalue weighted by molar-refractivity contribution is -0.275. The lowest BCUT2D eigenvalue weighted by atomic mass is 10.2. The first-order chi connectivity index (χ1) is 13.9. The van der Waals surface area contributed by atoms with E-state index in [2.05, 4.69) is 19.5 Å². The van der Waals surface area contributed by atoms with Crippen molar-refractivity contribution in [2.24, 2.45) is 9.98 Å². The highest BCUT2D eigenvalue weighted by Crippen LogP contribution is 2.28. The van der Waals surface area contributed by atoms with Gasteiger partial charge in [0.2, 0.25) is 0 Å². The Bertz CT molecular complexity index is 850. The Balaban J connectivity index is 1.95. The number of phenolic OH excluding ortho intramolecular Hbond substituents is 2. The molecule has 0 saturated heterocycles. The van der Waals surface area contributed by atoms with E-state index in [4.69, 9.17) is 0 Å². The number of halogens is 6. The monoisotopic (exact) mass is 436 g/mol. The Morgan fingerprint density at radius 1 is 0.700 bits per heavy atom. The van der Waals surface area contributed by atoms with E-state index in [1.54, 1.807) is 0 Å². The molecule has 0 saturated carbocycles. The van der Waals surface area contributed by atoms with Gasteiger partial charge in [-0.15, -0.1) is 26.3 Å². The molecule has 0 unspecified atom stereocenters. The first kappa shape index (κ1) is 22.8. The Morgan fingerprint density at radius 3 is 1.40 bits per heavy atom. The third kappa shape index (κ3) is 7.89. The summed E-state index contributed by atoms with van der Waals surface area (Å²) in [6.45, 7) is 0.0829. The van der Waals surface area contributed by atoms with Gasteiger partial charge in [-0.3, -0.25) is 9.98 Å². The Kier molecular flexibility index (Phi) is 7.14. The number of rotatable bonds is 7. The van der Waals surface area contributed by atoms with Crippen LogP contribution in [0.5, 0.6) is 23.0 Å². The minimum atomic E-state index is -4.88. The number of benzene rings is 2. The summed E-state index contributed by atoms with van der Waals surface area (Å²) < 4.78 is 80.8. The average Bonchev–Trinajstić information content (AvgIpc) is 2.60. The molecule has 0 spiro atoms. The van der Waals surface area contributed by atoms with Gasteiger partial charge >= 0.3 is 12.7 Å². The fourth-order valence-corrected chi connectivity index (χ4v) is 2.11. The SMILES string of the molecule is Oc1ccc(OC(F)(F)F)cc1C=NCCN=Cc1cc(OC(F)(F)F)ccc1O. The molecule has 0 aromatic heterocycles. The zero-order valence-corrected chi connectivity index (χ0v) is 14.9. The molecular formula is C18H14F6N2O4. The Morgan fingerprint density at radius 2 is 1.07 bits per heavy atom. The molecule has 2 aromatic carbocycles. The fourth-order valence-electron chi connectivity index (χ4n) is 2.11. The molecule has 0 heterocycles. The summed E-state index contributed by atoms with van der Waals surface area (Å²) in [5, 5.41) is 19.3. The molecule has 0 aliphatic rings. The normalized spacial score (nSPS) is 12.6. The molecule has 0 radical (unpaired) electrons. The molecule has 2 rings (SSSR count). The van der Waals surface area contributed by atoms with Gasteiger partial charge in [-0.2, -0.15) is 0 Å². The summed E-state index contributed by atoms with van der Waals surface area (Å²) in [7, 11) is 0. The first-order valence-corrected chi connectivity index (χ1v) is 8.10. The van der Waals surface area contributed by atoms with Gasteiger partial charge in [0.25, 0.3) is 0 Å². The van der Waals surface area contributed by atoms with Crippen LogP contribution in [-0.4, -0.2) is 48.5 Å². The molecule has 12 heteroatoms. The van der Waals surface area contributed by atoms with Crippen LogP contribution in [0.2, 0.25) is 0 Å². The highest BCUT2D eigenvalue weighted by atomic mass is 19.4. The highest BCUT2D eigenvalue weighted by molar-refractivity contribution is 5.84. The third-order valence-corrected chi connectivity index (χ3v) is 3.28. The standard InChI is InChI=1S/C18H14F6N2O4/c19-17(20,21)29-13-1-3-15(27)11(7-13)9-25-5-6-26-10-12-8-14(2-4-16(12)28)30-18(22,23)24/h1-4,7-10,27-28H,5-6H2. The molecule has 162 valence electrons. The molecule has 0 aliphatic heterocycles. The summed E-state index contributed by atoms with van der Waals surface area (Å²) in [6, 6.07) is 5.79. The van der Waals surface area contributed by atoms with Gasteiger partial charge in [0, 0.05) is 23.6 Å². The molecule has 2 aromatic rings. The maximum Gasteiger partial charge on any atom is 0.573 e. The Hall–Kier alpha value is -3.44. The smallest absolute Gasteiger partial charge is 0.507 e. The minimum absolute atomic E-state index is 0.0182. The topological polar surface area (TPSA) is 83.6 Å². The van der Waals surface area contributed by atoms with Gasteiger partial charge in [-0.1, -0.05) is 0 Å². The van der Waals surface area contributed by atoms with Crippen LogP contribution >= 0.6 is 0 Å². The summed E-state index contributed by atoms with van der Waals surface area (Å²) in [5.41, 5.74) is -0.0363. The molecule has 0 bridgehead atoms. The fraction of sp³-hybridized carbons (Fsp3) is 0.222. The van der Waals surface area contributed by atoms with Crippen molar-refractivity contribution in [1.82, 2.24) is 0 Å². The number of hydrogen-bond donors (Lipinski definition) is 2. The van der Waals surface area contributed by atoms with Crippen LogP contribution in [0.4, 0.5) is 26.3 Å². The van der Waals surface area contributed by atoms with Gasteiger partial charge in [0.1, 0.15) is 23.0 Å². The van der Waals surface area contributed by atoms with E-state index in [9.17, 15) is 36.6 Å². The van der Waals surface area contributed by atoms with E-state index in [0.29, 0.717) is 0 Å². The second kappa shape index (κ2) is 9.37. The van der Waals surface area contributed by atoms with Crippen molar-refractivity contribution in [3.8, 4) is 23.0 Å². The summed E-state index contributed by atoms with van der Waals surface area (Å²) in [4.78, 5) is 7.78. The zero-order valence-electron chi connectivity index (χ0n) is 14.9. The molecule has 6 nitrogen and oxygen atoms in total. The van der Waals surface area contributed by atoms with Crippen LogP contribution in [0.15, 0.2) is 46.4 Å². The van der Waals surface area contributed by atoms with E-state index in [1.807, 2.05) is 0 Å². The largest absolute Gasteiger partial charge is 0.573 e. The van der Waals surface area contributed by atoms with E-state index in [1.165, 1.54) is 0 Å². The zero-order chi connectivity index (χ0) is 22.4. The predicted octanol–water partition coefficient (Wildman–Crippen LogP) is 4.43. The van der Waals surface area contributed by atoms with E-state index >= 15 is 0 Å². The summed E-state index contributed by atoms with van der Waals surface area (Å²) in [6.07, 6.45) is -7.53. The number of alkyl halides is 6. The number of hydrogen-bond acceptors (Lipinski definition) is 6. The molecule has 0 atom stereocenters. The van der Waals surface area contributed by atoms with Gasteiger partial charge < -0.3 is 19.7 Å². The molecule has 2 N–H and O–H groups in total. The number of phenols is 2. The predicted molar refractivity (Wildman–Crippen MR) is 94.5 cm³/mol. The second-order valence-corrected chi connectivity index (χ2v) is 5.61. The van der Waals surface area contributed by atoms with Crippen molar-refractivity contribution in [2.75, 3.05) is 13.1 Å². The van der Waals surface area contributed by atoms with Crippen LogP contribution in [0.25, 0.3) is 0 Å². The summed E-state index contributed by atoms with van der Waals surface area (Å²) in [5.74, 6) is -1.70.